The summed E-state index contributed by atoms with van der Waals surface area (Å²) in [6, 6.07) is 1.87. The molecule has 1 aliphatic rings. The molecule has 3 nitrogen and oxygen atoms in total. The summed E-state index contributed by atoms with van der Waals surface area (Å²) in [6.45, 7) is 9.80. The second-order valence-electron chi connectivity index (χ2n) is 5.12. The van der Waals surface area contributed by atoms with Crippen molar-refractivity contribution < 1.29 is 4.74 Å². The van der Waals surface area contributed by atoms with Crippen LogP contribution >= 0.6 is 0 Å². The van der Waals surface area contributed by atoms with Crippen molar-refractivity contribution in [1.82, 2.24) is 10.2 Å². The molecule has 1 fully saturated rings. The lowest BCUT2D eigenvalue weighted by Gasteiger charge is -2.31. The minimum absolute atomic E-state index is 0.611. The quantitative estimate of drug-likeness (QED) is 0.720. The largest absolute Gasteiger partial charge is 0.380 e. The topological polar surface area (TPSA) is 24.5 Å². The average molecular weight is 228 g/mol. The van der Waals surface area contributed by atoms with Gasteiger partial charge in [-0.3, -0.25) is 4.90 Å². The molecule has 1 saturated heterocycles. The summed E-state index contributed by atoms with van der Waals surface area (Å²) in [5, 5.41) is 3.55. The molecule has 96 valence electrons. The molecule has 1 N–H and O–H groups in total. The van der Waals surface area contributed by atoms with Crippen molar-refractivity contribution in [3.8, 4) is 0 Å². The molecule has 1 heterocycles. The molecular formula is C13H28N2O. The molecule has 0 saturated carbocycles. The predicted molar refractivity (Wildman–Crippen MR) is 68.8 cm³/mol. The van der Waals surface area contributed by atoms with E-state index in [1.807, 2.05) is 0 Å². The van der Waals surface area contributed by atoms with Crippen LogP contribution < -0.4 is 5.32 Å². The lowest BCUT2D eigenvalue weighted by Crippen LogP contribution is -2.42. The molecule has 3 atom stereocenters. The summed E-state index contributed by atoms with van der Waals surface area (Å²) in [6.07, 6.45) is 3.62. The van der Waals surface area contributed by atoms with Crippen molar-refractivity contribution in [2.24, 2.45) is 0 Å². The number of nitrogens with one attached hydrogen (secondary N) is 1. The Morgan fingerprint density at radius 1 is 1.44 bits per heavy atom. The van der Waals surface area contributed by atoms with Gasteiger partial charge in [-0.2, -0.15) is 0 Å². The molecule has 0 bridgehead atoms. The van der Waals surface area contributed by atoms with E-state index in [0.717, 1.165) is 19.8 Å². The van der Waals surface area contributed by atoms with Crippen molar-refractivity contribution >= 4 is 0 Å². The molecule has 0 aliphatic carbocycles. The minimum Gasteiger partial charge on any atom is -0.380 e. The van der Waals surface area contributed by atoms with Crippen LogP contribution in [0.2, 0.25) is 0 Å². The van der Waals surface area contributed by atoms with Crippen LogP contribution in [0.5, 0.6) is 0 Å². The molecule has 0 amide bonds. The van der Waals surface area contributed by atoms with Crippen molar-refractivity contribution in [2.45, 2.75) is 58.2 Å². The highest BCUT2D eigenvalue weighted by atomic mass is 16.5. The highest BCUT2D eigenvalue weighted by Crippen LogP contribution is 2.15. The van der Waals surface area contributed by atoms with Crippen LogP contribution in [0.1, 0.15) is 40.0 Å². The predicted octanol–water partition coefficient (Wildman–Crippen LogP) is 1.87. The molecular weight excluding hydrogens is 200 g/mol. The summed E-state index contributed by atoms with van der Waals surface area (Å²) >= 11 is 0. The lowest BCUT2D eigenvalue weighted by molar-refractivity contribution is 0.130. The van der Waals surface area contributed by atoms with Crippen LogP contribution in [-0.2, 0) is 4.74 Å². The van der Waals surface area contributed by atoms with Gasteiger partial charge in [-0.25, -0.2) is 0 Å². The number of rotatable bonds is 7. The first-order chi connectivity index (χ1) is 7.65. The molecule has 0 aromatic heterocycles. The van der Waals surface area contributed by atoms with E-state index in [9.17, 15) is 0 Å². The van der Waals surface area contributed by atoms with Crippen LogP contribution in [0, 0.1) is 0 Å². The van der Waals surface area contributed by atoms with Crippen molar-refractivity contribution in [3.63, 3.8) is 0 Å². The Kier molecular flexibility index (Phi) is 6.32. The first kappa shape index (κ1) is 13.9. The third-order valence-corrected chi connectivity index (χ3v) is 3.61. The Bertz CT molecular complexity index is 181. The number of nitrogens with zero attached hydrogens (tertiary/aromatic N) is 1. The molecule has 3 heteroatoms. The van der Waals surface area contributed by atoms with Gasteiger partial charge in [0.15, 0.2) is 0 Å². The number of hydrogen-bond donors (Lipinski definition) is 1. The van der Waals surface area contributed by atoms with E-state index < -0.39 is 0 Å². The summed E-state index contributed by atoms with van der Waals surface area (Å²) in [7, 11) is 2.23. The van der Waals surface area contributed by atoms with E-state index in [-0.39, 0.29) is 0 Å². The van der Waals surface area contributed by atoms with Gasteiger partial charge in [0.2, 0.25) is 0 Å². The molecule has 3 unspecified atom stereocenters. The number of ether oxygens (including phenoxy) is 1. The standard InChI is InChI=1S/C13H28N2O/c1-5-7-14-11(2)9-12(3)15(4)13-6-8-16-10-13/h11-14H,5-10H2,1-4H3. The molecule has 1 aliphatic heterocycles. The first-order valence-electron chi connectivity index (χ1n) is 6.68. The van der Waals surface area contributed by atoms with E-state index in [1.165, 1.54) is 19.3 Å². The van der Waals surface area contributed by atoms with Gasteiger partial charge >= 0.3 is 0 Å². The fourth-order valence-electron chi connectivity index (χ4n) is 2.36. The third kappa shape index (κ3) is 4.40. The van der Waals surface area contributed by atoms with Crippen LogP contribution in [0.4, 0.5) is 0 Å². The molecule has 0 aromatic rings. The molecule has 0 radical (unpaired) electrons. The van der Waals surface area contributed by atoms with E-state index >= 15 is 0 Å². The smallest absolute Gasteiger partial charge is 0.0622 e. The van der Waals surface area contributed by atoms with Gasteiger partial charge in [-0.05, 0) is 46.7 Å². The fraction of sp³-hybridized carbons (Fsp3) is 1.00. The maximum absolute atomic E-state index is 5.44. The van der Waals surface area contributed by atoms with Gasteiger partial charge in [0.1, 0.15) is 0 Å². The maximum Gasteiger partial charge on any atom is 0.0622 e. The first-order valence-corrected chi connectivity index (χ1v) is 6.68. The van der Waals surface area contributed by atoms with Crippen molar-refractivity contribution in [3.05, 3.63) is 0 Å². The highest BCUT2D eigenvalue weighted by Gasteiger charge is 2.24. The Labute approximate surface area is 101 Å². The summed E-state index contributed by atoms with van der Waals surface area (Å²) < 4.78 is 5.44. The molecule has 0 spiro atoms. The molecule has 0 aromatic carbocycles. The Morgan fingerprint density at radius 3 is 2.75 bits per heavy atom. The van der Waals surface area contributed by atoms with E-state index in [4.69, 9.17) is 4.74 Å². The van der Waals surface area contributed by atoms with E-state index in [2.05, 4.69) is 38.0 Å². The zero-order chi connectivity index (χ0) is 12.0. The van der Waals surface area contributed by atoms with E-state index in [0.29, 0.717) is 18.1 Å². The van der Waals surface area contributed by atoms with Gasteiger partial charge in [-0.15, -0.1) is 0 Å². The average Bonchev–Trinajstić information content (AvgIpc) is 2.78. The van der Waals surface area contributed by atoms with Crippen LogP contribution in [-0.4, -0.2) is 49.8 Å². The monoisotopic (exact) mass is 228 g/mol. The molecule has 16 heavy (non-hydrogen) atoms. The van der Waals surface area contributed by atoms with Gasteiger partial charge < -0.3 is 10.1 Å². The number of likely N-dealkylation sites (N-methyl/N-ethyl adjacent to an activating group) is 1. The minimum atomic E-state index is 0.611. The van der Waals surface area contributed by atoms with Gasteiger partial charge in [0.05, 0.1) is 6.61 Å². The fourth-order valence-corrected chi connectivity index (χ4v) is 2.36. The van der Waals surface area contributed by atoms with Crippen molar-refractivity contribution in [2.75, 3.05) is 26.8 Å². The van der Waals surface area contributed by atoms with Gasteiger partial charge in [0.25, 0.3) is 0 Å². The van der Waals surface area contributed by atoms with Gasteiger partial charge in [0, 0.05) is 24.7 Å². The maximum atomic E-state index is 5.44. The summed E-state index contributed by atoms with van der Waals surface area (Å²) in [5.41, 5.74) is 0. The summed E-state index contributed by atoms with van der Waals surface area (Å²) in [4.78, 5) is 2.48. The summed E-state index contributed by atoms with van der Waals surface area (Å²) in [5.74, 6) is 0. The number of hydrogen-bond acceptors (Lipinski definition) is 3. The Hall–Kier alpha value is -0.120. The van der Waals surface area contributed by atoms with Crippen molar-refractivity contribution in [1.29, 1.82) is 0 Å². The van der Waals surface area contributed by atoms with Crippen LogP contribution in [0.3, 0.4) is 0 Å². The lowest BCUT2D eigenvalue weighted by atomic mass is 10.1. The van der Waals surface area contributed by atoms with Gasteiger partial charge in [-0.1, -0.05) is 6.92 Å². The Balaban J connectivity index is 2.24. The highest BCUT2D eigenvalue weighted by molar-refractivity contribution is 4.79. The SMILES string of the molecule is CCCNC(C)CC(C)N(C)C1CCOC1. The normalized spacial score (nSPS) is 24.9. The van der Waals surface area contributed by atoms with Crippen LogP contribution in [0.15, 0.2) is 0 Å². The van der Waals surface area contributed by atoms with E-state index in [1.54, 1.807) is 0 Å². The zero-order valence-corrected chi connectivity index (χ0v) is 11.3. The zero-order valence-electron chi connectivity index (χ0n) is 11.3. The Morgan fingerprint density at radius 2 is 2.19 bits per heavy atom. The van der Waals surface area contributed by atoms with Crippen LogP contribution in [0.25, 0.3) is 0 Å². The second kappa shape index (κ2) is 7.25. The molecule has 1 rings (SSSR count). The second-order valence-corrected chi connectivity index (χ2v) is 5.12. The third-order valence-electron chi connectivity index (χ3n) is 3.61.